The first-order valence-corrected chi connectivity index (χ1v) is 7.65. The van der Waals surface area contributed by atoms with Crippen LogP contribution < -0.4 is 0 Å². The summed E-state index contributed by atoms with van der Waals surface area (Å²) in [5.74, 6) is 8.99. The van der Waals surface area contributed by atoms with Crippen LogP contribution in [0.5, 0.6) is 0 Å². The number of benzene rings is 1. The van der Waals surface area contributed by atoms with Crippen molar-refractivity contribution in [3.8, 4) is 21.7 Å². The molecule has 0 fully saturated rings. The van der Waals surface area contributed by atoms with Gasteiger partial charge in [-0.2, -0.15) is 0 Å². The van der Waals surface area contributed by atoms with E-state index >= 15 is 0 Å². The Morgan fingerprint density at radius 2 is 1.80 bits per heavy atom. The zero-order chi connectivity index (χ0) is 14.6. The minimum absolute atomic E-state index is 0.529. The number of rotatable bonds is 5. The van der Waals surface area contributed by atoms with Crippen LogP contribution in [0.15, 0.2) is 29.8 Å². The molecule has 0 radical (unpaired) electrons. The molecule has 20 heavy (non-hydrogen) atoms. The Bertz CT molecular complexity index is 574. The average Bonchev–Trinajstić information content (AvgIpc) is 2.47. The molecule has 0 saturated carbocycles. The third-order valence-electron chi connectivity index (χ3n) is 2.68. The van der Waals surface area contributed by atoms with Gasteiger partial charge >= 0.3 is 0 Å². The predicted octanol–water partition coefficient (Wildman–Crippen LogP) is 4.54. The number of hydrogen-bond acceptors (Lipinski definition) is 1. The highest BCUT2D eigenvalue weighted by molar-refractivity contribution is 14.1. The number of allylic oxidation sites excluding steroid dienone is 1. The number of carbonyl (C=O) groups is 1. The summed E-state index contributed by atoms with van der Waals surface area (Å²) in [6.45, 7) is 2.04. The Kier molecular flexibility index (Phi) is 8.51. The number of carbonyl (C=O) groups excluding carboxylic acids is 1. The van der Waals surface area contributed by atoms with Crippen molar-refractivity contribution >= 4 is 35.0 Å². The van der Waals surface area contributed by atoms with Crippen molar-refractivity contribution in [3.63, 3.8) is 0 Å². The van der Waals surface area contributed by atoms with Gasteiger partial charge in [0.1, 0.15) is 0 Å². The number of aldehydes is 1. The molecule has 0 bridgehead atoms. The summed E-state index contributed by atoms with van der Waals surface area (Å²) in [5, 5.41) is 0. The first kappa shape index (κ1) is 16.5. The van der Waals surface area contributed by atoms with Crippen molar-refractivity contribution in [3.05, 3.63) is 41.0 Å². The fraction of sp³-hybridized carbons (Fsp3) is 0.278. The van der Waals surface area contributed by atoms with Crippen LogP contribution in [-0.4, -0.2) is 6.29 Å². The van der Waals surface area contributed by atoms with E-state index < -0.39 is 0 Å². The van der Waals surface area contributed by atoms with E-state index in [9.17, 15) is 4.79 Å². The molecular formula is C18H17IO. The molecule has 0 aliphatic carbocycles. The summed E-state index contributed by atoms with van der Waals surface area (Å²) in [5.41, 5.74) is 2.74. The van der Waals surface area contributed by atoms with Gasteiger partial charge in [-0.3, -0.25) is 4.79 Å². The van der Waals surface area contributed by atoms with Crippen molar-refractivity contribution in [1.82, 2.24) is 0 Å². The highest BCUT2D eigenvalue weighted by atomic mass is 127. The van der Waals surface area contributed by atoms with E-state index in [2.05, 4.69) is 21.7 Å². The minimum Gasteiger partial charge on any atom is -0.297 e. The fourth-order valence-corrected chi connectivity index (χ4v) is 1.85. The number of aryl methyl sites for hydroxylation is 1. The molecule has 0 N–H and O–H groups in total. The fourth-order valence-electron chi connectivity index (χ4n) is 1.58. The van der Waals surface area contributed by atoms with Crippen LogP contribution in [0.2, 0.25) is 0 Å². The summed E-state index contributed by atoms with van der Waals surface area (Å²) in [7, 11) is 0. The van der Waals surface area contributed by atoms with Gasteiger partial charge in [0.15, 0.2) is 6.29 Å². The van der Waals surface area contributed by atoms with Crippen molar-refractivity contribution in [1.29, 1.82) is 0 Å². The largest absolute Gasteiger partial charge is 0.297 e. The van der Waals surface area contributed by atoms with Crippen LogP contribution >= 0.6 is 22.6 Å². The Balaban J connectivity index is 2.52. The number of unbranched alkanes of at least 4 members (excludes halogenated alkanes) is 3. The number of halogens is 1. The van der Waals surface area contributed by atoms with Crippen molar-refractivity contribution < 1.29 is 4.79 Å². The molecule has 0 unspecified atom stereocenters. The smallest absolute Gasteiger partial charge is 0.158 e. The van der Waals surface area contributed by atoms with E-state index in [1.807, 2.05) is 59.9 Å². The molecule has 1 rings (SSSR count). The summed E-state index contributed by atoms with van der Waals surface area (Å²) >= 11 is 2.05. The summed E-state index contributed by atoms with van der Waals surface area (Å²) in [6, 6.07) is 8.03. The van der Waals surface area contributed by atoms with Gasteiger partial charge in [0.05, 0.1) is 5.57 Å². The molecule has 1 aromatic carbocycles. The average molecular weight is 376 g/mol. The molecule has 102 valence electrons. The Morgan fingerprint density at radius 3 is 2.40 bits per heavy atom. The van der Waals surface area contributed by atoms with E-state index in [-0.39, 0.29) is 0 Å². The predicted molar refractivity (Wildman–Crippen MR) is 93.3 cm³/mol. The van der Waals surface area contributed by atoms with Gasteiger partial charge in [0.25, 0.3) is 0 Å². The zero-order valence-corrected chi connectivity index (χ0v) is 13.7. The zero-order valence-electron chi connectivity index (χ0n) is 11.6. The molecule has 1 aromatic rings. The first-order valence-electron chi connectivity index (χ1n) is 6.57. The Morgan fingerprint density at radius 1 is 1.15 bits per heavy atom. The minimum atomic E-state index is 0.529. The molecule has 0 amide bonds. The normalized spacial score (nSPS) is 10.0. The van der Waals surface area contributed by atoms with Crippen LogP contribution in [0.1, 0.15) is 36.8 Å². The Labute approximate surface area is 135 Å². The van der Waals surface area contributed by atoms with E-state index in [0.29, 0.717) is 5.57 Å². The molecular weight excluding hydrogens is 359 g/mol. The maximum Gasteiger partial charge on any atom is 0.158 e. The van der Waals surface area contributed by atoms with Crippen molar-refractivity contribution in [2.24, 2.45) is 0 Å². The second kappa shape index (κ2) is 10.3. The molecule has 0 heterocycles. The van der Waals surface area contributed by atoms with Gasteiger partial charge in [-0.05, 0) is 35.3 Å². The van der Waals surface area contributed by atoms with Crippen LogP contribution in [0, 0.1) is 28.6 Å². The highest BCUT2D eigenvalue weighted by Gasteiger charge is 1.92. The van der Waals surface area contributed by atoms with E-state index in [4.69, 9.17) is 0 Å². The van der Waals surface area contributed by atoms with Crippen molar-refractivity contribution in [2.45, 2.75) is 32.6 Å². The highest BCUT2D eigenvalue weighted by Crippen LogP contribution is 2.07. The topological polar surface area (TPSA) is 17.1 Å². The monoisotopic (exact) mass is 376 g/mol. The standard InChI is InChI=1S/C18H17IO/c1-16-9-11-17(12-10-16)14-18(15-20)8-6-4-2-3-5-7-13-19/h9-12,14-15H,2-5H2,1H3/b18-14-. The lowest BCUT2D eigenvalue weighted by molar-refractivity contribution is -0.104. The number of hydrogen-bond donors (Lipinski definition) is 0. The van der Waals surface area contributed by atoms with Gasteiger partial charge in [0.2, 0.25) is 0 Å². The lowest BCUT2D eigenvalue weighted by atomic mass is 10.1. The molecule has 2 heteroatoms. The first-order chi connectivity index (χ1) is 9.76. The van der Waals surface area contributed by atoms with Gasteiger partial charge in [-0.15, -0.1) is 0 Å². The maximum absolute atomic E-state index is 11.0. The molecule has 0 aliphatic heterocycles. The van der Waals surface area contributed by atoms with E-state index in [1.54, 1.807) is 0 Å². The molecule has 0 aromatic heterocycles. The van der Waals surface area contributed by atoms with E-state index in [1.165, 1.54) is 5.56 Å². The maximum atomic E-state index is 11.0. The molecule has 1 nitrogen and oxygen atoms in total. The molecule has 0 atom stereocenters. The summed E-state index contributed by atoms with van der Waals surface area (Å²) in [4.78, 5) is 11.0. The van der Waals surface area contributed by atoms with Gasteiger partial charge in [0, 0.05) is 35.4 Å². The lowest BCUT2D eigenvalue weighted by Crippen LogP contribution is -1.82. The second-order valence-electron chi connectivity index (χ2n) is 4.41. The Hall–Kier alpha value is -1.52. The molecule has 0 saturated heterocycles. The quantitative estimate of drug-likeness (QED) is 0.243. The van der Waals surface area contributed by atoms with Crippen molar-refractivity contribution in [2.75, 3.05) is 0 Å². The summed E-state index contributed by atoms with van der Waals surface area (Å²) in [6.07, 6.45) is 6.44. The third kappa shape index (κ3) is 7.16. The van der Waals surface area contributed by atoms with Crippen LogP contribution in [-0.2, 0) is 4.79 Å². The molecule has 0 aliphatic rings. The second-order valence-corrected chi connectivity index (χ2v) is 4.95. The van der Waals surface area contributed by atoms with Gasteiger partial charge in [-0.1, -0.05) is 47.6 Å². The third-order valence-corrected chi connectivity index (χ3v) is 3.06. The lowest BCUT2D eigenvalue weighted by Gasteiger charge is -1.95. The van der Waals surface area contributed by atoms with Crippen LogP contribution in [0.4, 0.5) is 0 Å². The van der Waals surface area contributed by atoms with Crippen LogP contribution in [0.25, 0.3) is 6.08 Å². The van der Waals surface area contributed by atoms with Gasteiger partial charge in [-0.25, -0.2) is 0 Å². The molecule has 0 spiro atoms. The van der Waals surface area contributed by atoms with Gasteiger partial charge < -0.3 is 0 Å². The summed E-state index contributed by atoms with van der Waals surface area (Å²) < 4.78 is 2.85. The SMILES string of the molecule is Cc1ccc(/C=C(/C#CCCCCC#CI)C=O)cc1. The van der Waals surface area contributed by atoms with Crippen LogP contribution in [0.3, 0.4) is 0 Å². The van der Waals surface area contributed by atoms with E-state index in [0.717, 1.165) is 37.5 Å².